The van der Waals surface area contributed by atoms with Gasteiger partial charge in [0.1, 0.15) is 5.82 Å². The summed E-state index contributed by atoms with van der Waals surface area (Å²) in [6.45, 7) is 6.16. The number of aryl methyl sites for hydroxylation is 2. The first-order valence-corrected chi connectivity index (χ1v) is 8.90. The summed E-state index contributed by atoms with van der Waals surface area (Å²) in [6, 6.07) is 12.5. The van der Waals surface area contributed by atoms with E-state index in [9.17, 15) is 13.2 Å². The molecule has 0 fully saturated rings. The fourth-order valence-corrected chi connectivity index (χ4v) is 3.11. The van der Waals surface area contributed by atoms with E-state index in [2.05, 4.69) is 39.1 Å². The third-order valence-corrected chi connectivity index (χ3v) is 4.56. The zero-order valence-electron chi connectivity index (χ0n) is 15.9. The number of nitrogens with zero attached hydrogens (tertiary/aromatic N) is 3. The highest BCUT2D eigenvalue weighted by atomic mass is 19.4. The van der Waals surface area contributed by atoms with Crippen LogP contribution >= 0.6 is 0 Å². The van der Waals surface area contributed by atoms with E-state index in [1.807, 2.05) is 32.0 Å². The van der Waals surface area contributed by atoms with Crippen LogP contribution in [0.4, 0.5) is 19.0 Å². The number of nitrogens with one attached hydrogen (secondary N) is 1. The summed E-state index contributed by atoms with van der Waals surface area (Å²) in [7, 11) is 0. The van der Waals surface area contributed by atoms with E-state index >= 15 is 0 Å². The van der Waals surface area contributed by atoms with Crippen LogP contribution in [0.15, 0.2) is 53.8 Å². The van der Waals surface area contributed by atoms with E-state index in [-0.39, 0.29) is 5.82 Å². The van der Waals surface area contributed by atoms with Gasteiger partial charge in [0.2, 0.25) is 0 Å². The van der Waals surface area contributed by atoms with Gasteiger partial charge in [-0.1, -0.05) is 25.1 Å². The molecule has 0 unspecified atom stereocenters. The molecule has 0 aliphatic heterocycles. The predicted molar refractivity (Wildman–Crippen MR) is 105 cm³/mol. The second-order valence-corrected chi connectivity index (χ2v) is 6.44. The van der Waals surface area contributed by atoms with E-state index in [1.54, 1.807) is 6.21 Å². The Labute approximate surface area is 161 Å². The van der Waals surface area contributed by atoms with Crippen molar-refractivity contribution >= 4 is 12.0 Å². The van der Waals surface area contributed by atoms with Crippen LogP contribution in [0, 0.1) is 13.8 Å². The molecule has 0 aliphatic carbocycles. The molecule has 0 amide bonds. The molecule has 0 radical (unpaired) electrons. The molecule has 3 aromatic rings. The summed E-state index contributed by atoms with van der Waals surface area (Å²) in [5.74, 6) is 0.245. The van der Waals surface area contributed by atoms with Gasteiger partial charge in [-0.3, -0.25) is 5.43 Å². The maximum absolute atomic E-state index is 12.6. The molecule has 0 saturated heterocycles. The van der Waals surface area contributed by atoms with Gasteiger partial charge in [0.15, 0.2) is 0 Å². The lowest BCUT2D eigenvalue weighted by Crippen LogP contribution is -2.05. The SMILES string of the molecule is CCc1ccccc1-n1c(C)cc(/C=N/Nc2ccc(C(F)(F)F)cn2)c1C. The fraction of sp³-hybridized carbons (Fsp3) is 0.238. The predicted octanol–water partition coefficient (Wildman–Crippen LogP) is 5.52. The molecule has 146 valence electrons. The summed E-state index contributed by atoms with van der Waals surface area (Å²) in [6.07, 6.45) is -1.04. The van der Waals surface area contributed by atoms with Crippen LogP contribution in [-0.4, -0.2) is 15.8 Å². The molecule has 2 aromatic heterocycles. The maximum atomic E-state index is 12.6. The number of rotatable bonds is 5. The van der Waals surface area contributed by atoms with Gasteiger partial charge in [-0.05, 0) is 50.1 Å². The lowest BCUT2D eigenvalue weighted by atomic mass is 10.1. The van der Waals surface area contributed by atoms with Gasteiger partial charge < -0.3 is 4.57 Å². The van der Waals surface area contributed by atoms with E-state index in [4.69, 9.17) is 0 Å². The Bertz CT molecular complexity index is 986. The molecule has 0 spiro atoms. The fourth-order valence-electron chi connectivity index (χ4n) is 3.11. The van der Waals surface area contributed by atoms with Crippen molar-refractivity contribution in [2.24, 2.45) is 5.10 Å². The van der Waals surface area contributed by atoms with Crippen LogP contribution in [0.3, 0.4) is 0 Å². The van der Waals surface area contributed by atoms with Gasteiger partial charge in [0, 0.05) is 28.8 Å². The Morgan fingerprint density at radius 3 is 2.54 bits per heavy atom. The number of para-hydroxylation sites is 1. The lowest BCUT2D eigenvalue weighted by Gasteiger charge is -2.13. The van der Waals surface area contributed by atoms with Crippen molar-refractivity contribution < 1.29 is 13.2 Å². The quantitative estimate of drug-likeness (QED) is 0.464. The molecule has 0 atom stereocenters. The smallest absolute Gasteiger partial charge is 0.318 e. The summed E-state index contributed by atoms with van der Waals surface area (Å²) < 4.78 is 39.9. The number of aromatic nitrogens is 2. The van der Waals surface area contributed by atoms with Gasteiger partial charge in [-0.2, -0.15) is 18.3 Å². The van der Waals surface area contributed by atoms with Crippen molar-refractivity contribution in [3.8, 4) is 5.69 Å². The molecule has 2 heterocycles. The molecule has 0 bridgehead atoms. The van der Waals surface area contributed by atoms with Crippen LogP contribution in [-0.2, 0) is 12.6 Å². The first-order valence-electron chi connectivity index (χ1n) is 8.90. The summed E-state index contributed by atoms with van der Waals surface area (Å²) in [4.78, 5) is 3.74. The van der Waals surface area contributed by atoms with Crippen molar-refractivity contribution in [1.29, 1.82) is 0 Å². The van der Waals surface area contributed by atoms with Crippen molar-refractivity contribution in [2.45, 2.75) is 33.4 Å². The third kappa shape index (κ3) is 4.08. The number of pyridine rings is 1. The Kier molecular flexibility index (Phi) is 5.53. The average Bonchev–Trinajstić information content (AvgIpc) is 2.95. The van der Waals surface area contributed by atoms with Gasteiger partial charge in [-0.25, -0.2) is 4.98 Å². The largest absolute Gasteiger partial charge is 0.417 e. The number of hydrazone groups is 1. The maximum Gasteiger partial charge on any atom is 0.417 e. The van der Waals surface area contributed by atoms with Crippen LogP contribution < -0.4 is 5.43 Å². The molecule has 1 N–H and O–H groups in total. The Hall–Kier alpha value is -3.09. The molecule has 0 saturated carbocycles. The third-order valence-electron chi connectivity index (χ3n) is 4.56. The van der Waals surface area contributed by atoms with Crippen LogP contribution in [0.25, 0.3) is 5.69 Å². The summed E-state index contributed by atoms with van der Waals surface area (Å²) in [5, 5.41) is 4.12. The molecule has 4 nitrogen and oxygen atoms in total. The Morgan fingerprint density at radius 2 is 1.89 bits per heavy atom. The van der Waals surface area contributed by atoms with Crippen molar-refractivity contribution in [3.05, 3.63) is 76.7 Å². The van der Waals surface area contributed by atoms with Gasteiger partial charge in [-0.15, -0.1) is 0 Å². The van der Waals surface area contributed by atoms with Crippen molar-refractivity contribution in [2.75, 3.05) is 5.43 Å². The first-order chi connectivity index (χ1) is 13.3. The number of hydrogen-bond acceptors (Lipinski definition) is 3. The monoisotopic (exact) mass is 386 g/mol. The number of hydrogen-bond donors (Lipinski definition) is 1. The van der Waals surface area contributed by atoms with E-state index in [0.29, 0.717) is 0 Å². The highest BCUT2D eigenvalue weighted by Gasteiger charge is 2.30. The normalized spacial score (nSPS) is 11.9. The van der Waals surface area contributed by atoms with E-state index in [1.165, 1.54) is 11.6 Å². The number of halogens is 3. The van der Waals surface area contributed by atoms with Gasteiger partial charge in [0.05, 0.1) is 11.8 Å². The minimum absolute atomic E-state index is 0.245. The van der Waals surface area contributed by atoms with Crippen molar-refractivity contribution in [3.63, 3.8) is 0 Å². The summed E-state index contributed by atoms with van der Waals surface area (Å²) in [5.41, 5.74) is 7.29. The highest BCUT2D eigenvalue weighted by molar-refractivity contribution is 5.82. The highest BCUT2D eigenvalue weighted by Crippen LogP contribution is 2.29. The van der Waals surface area contributed by atoms with Crippen molar-refractivity contribution in [1.82, 2.24) is 9.55 Å². The molecular formula is C21H21F3N4. The zero-order valence-corrected chi connectivity index (χ0v) is 15.9. The van der Waals surface area contributed by atoms with Gasteiger partial charge >= 0.3 is 6.18 Å². The summed E-state index contributed by atoms with van der Waals surface area (Å²) >= 11 is 0. The van der Waals surface area contributed by atoms with Crippen LogP contribution in [0.5, 0.6) is 0 Å². The second-order valence-electron chi connectivity index (χ2n) is 6.44. The van der Waals surface area contributed by atoms with E-state index in [0.717, 1.165) is 41.3 Å². The number of alkyl halides is 3. The molecular weight excluding hydrogens is 365 g/mol. The Morgan fingerprint density at radius 1 is 1.14 bits per heavy atom. The number of anilines is 1. The standard InChI is InChI=1S/C21H21F3N4/c1-4-16-7-5-6-8-19(16)28-14(2)11-17(15(28)3)12-26-27-20-10-9-18(13-25-20)21(22,23)24/h5-13H,4H2,1-3H3,(H,25,27)/b26-12+. The topological polar surface area (TPSA) is 42.2 Å². The van der Waals surface area contributed by atoms with Gasteiger partial charge in [0.25, 0.3) is 0 Å². The van der Waals surface area contributed by atoms with Crippen LogP contribution in [0.1, 0.15) is 35.0 Å². The molecule has 7 heteroatoms. The molecule has 3 rings (SSSR count). The zero-order chi connectivity index (χ0) is 20.3. The second kappa shape index (κ2) is 7.88. The average molecular weight is 386 g/mol. The van der Waals surface area contributed by atoms with E-state index < -0.39 is 11.7 Å². The minimum Gasteiger partial charge on any atom is -0.318 e. The number of benzene rings is 1. The first kappa shape index (κ1) is 19.7. The molecule has 28 heavy (non-hydrogen) atoms. The minimum atomic E-state index is -4.40. The molecule has 0 aliphatic rings. The lowest BCUT2D eigenvalue weighted by molar-refractivity contribution is -0.137. The molecule has 1 aromatic carbocycles. The van der Waals surface area contributed by atoms with Crippen LogP contribution in [0.2, 0.25) is 0 Å². The Balaban J connectivity index is 1.80.